The smallest absolute Gasteiger partial charge is 0.323 e. The summed E-state index contributed by atoms with van der Waals surface area (Å²) in [4.78, 5) is 18.3. The van der Waals surface area contributed by atoms with Crippen molar-refractivity contribution in [3.05, 3.63) is 47.0 Å². The molecule has 2 amide bonds. The van der Waals surface area contributed by atoms with E-state index >= 15 is 0 Å². The van der Waals surface area contributed by atoms with E-state index in [9.17, 15) is 4.79 Å². The molecule has 0 radical (unpaired) electrons. The van der Waals surface area contributed by atoms with Crippen LogP contribution in [0.1, 0.15) is 24.1 Å². The summed E-state index contributed by atoms with van der Waals surface area (Å²) in [6.45, 7) is 3.99. The van der Waals surface area contributed by atoms with E-state index in [-0.39, 0.29) is 12.1 Å². The van der Waals surface area contributed by atoms with Crippen molar-refractivity contribution in [1.29, 1.82) is 0 Å². The maximum Gasteiger partial charge on any atom is 0.323 e. The van der Waals surface area contributed by atoms with Crippen LogP contribution in [0.15, 0.2) is 35.7 Å². The van der Waals surface area contributed by atoms with Gasteiger partial charge in [0.25, 0.3) is 0 Å². The number of piperidine rings is 1. The van der Waals surface area contributed by atoms with Crippen LogP contribution in [0.3, 0.4) is 0 Å². The fourth-order valence-electron chi connectivity index (χ4n) is 2.60. The maximum atomic E-state index is 12.2. The molecular formula is C17H21N3O2S. The van der Waals surface area contributed by atoms with E-state index < -0.39 is 0 Å². The normalized spacial score (nSPS) is 15.6. The van der Waals surface area contributed by atoms with Gasteiger partial charge in [-0.3, -0.25) is 5.32 Å². The number of benzene rings is 1. The molecule has 23 heavy (non-hydrogen) atoms. The molecule has 1 saturated heterocycles. The molecule has 0 spiro atoms. The highest BCUT2D eigenvalue weighted by Gasteiger charge is 2.23. The summed E-state index contributed by atoms with van der Waals surface area (Å²) in [6.07, 6.45) is 1.97. The monoisotopic (exact) mass is 331 g/mol. The van der Waals surface area contributed by atoms with E-state index in [2.05, 4.69) is 22.4 Å². The van der Waals surface area contributed by atoms with Gasteiger partial charge in [0.05, 0.1) is 18.4 Å². The van der Waals surface area contributed by atoms with Crippen molar-refractivity contribution < 1.29 is 9.53 Å². The zero-order valence-corrected chi connectivity index (χ0v) is 14.0. The number of nitrogens with zero attached hydrogens (tertiary/aromatic N) is 2. The average Bonchev–Trinajstić information content (AvgIpc) is 2.99. The quantitative estimate of drug-likeness (QED) is 0.930. The lowest BCUT2D eigenvalue weighted by Crippen LogP contribution is -2.43. The van der Waals surface area contributed by atoms with Crippen LogP contribution in [0.4, 0.5) is 9.93 Å². The third-order valence-corrected chi connectivity index (χ3v) is 4.77. The standard InChI is InChI=1S/C17H21N3O2S/c1-13-12-23-16(18-13)19-17(21)20-9-7-15(8-10-20)22-11-14-5-3-2-4-6-14/h2-6,12,15H,7-11H2,1H3,(H,18,19,21). The van der Waals surface area contributed by atoms with Crippen molar-refractivity contribution in [2.45, 2.75) is 32.5 Å². The van der Waals surface area contributed by atoms with Crippen molar-refractivity contribution >= 4 is 22.5 Å². The minimum Gasteiger partial charge on any atom is -0.373 e. The Morgan fingerprint density at radius 1 is 1.35 bits per heavy atom. The van der Waals surface area contributed by atoms with Crippen LogP contribution in [0.5, 0.6) is 0 Å². The highest BCUT2D eigenvalue weighted by Crippen LogP contribution is 2.19. The molecule has 0 aliphatic carbocycles. The maximum absolute atomic E-state index is 12.2. The number of hydrogen-bond donors (Lipinski definition) is 1. The van der Waals surface area contributed by atoms with Gasteiger partial charge in [0.1, 0.15) is 0 Å². The first-order valence-electron chi connectivity index (χ1n) is 7.84. The van der Waals surface area contributed by atoms with Crippen molar-refractivity contribution in [1.82, 2.24) is 9.88 Å². The number of aryl methyl sites for hydroxylation is 1. The summed E-state index contributed by atoms with van der Waals surface area (Å²) >= 11 is 1.45. The molecule has 1 aliphatic heterocycles. The largest absolute Gasteiger partial charge is 0.373 e. The highest BCUT2D eigenvalue weighted by atomic mass is 32.1. The number of nitrogens with one attached hydrogen (secondary N) is 1. The number of rotatable bonds is 4. The predicted octanol–water partition coefficient (Wildman–Crippen LogP) is 3.66. The number of hydrogen-bond acceptors (Lipinski definition) is 4. The SMILES string of the molecule is Cc1csc(NC(=O)N2CCC(OCc3ccccc3)CC2)n1. The molecule has 0 saturated carbocycles. The zero-order valence-electron chi connectivity index (χ0n) is 13.2. The molecule has 1 aliphatic rings. The number of carbonyl (C=O) groups excluding carboxylic acids is 1. The van der Waals surface area contributed by atoms with Crippen LogP contribution in [-0.2, 0) is 11.3 Å². The molecule has 122 valence electrons. The Bertz CT molecular complexity index is 636. The number of anilines is 1. The van der Waals surface area contributed by atoms with Gasteiger partial charge in [-0.15, -0.1) is 11.3 Å². The second kappa shape index (κ2) is 7.57. The molecule has 0 bridgehead atoms. The minimum absolute atomic E-state index is 0.0686. The van der Waals surface area contributed by atoms with Crippen molar-refractivity contribution in [2.24, 2.45) is 0 Å². The van der Waals surface area contributed by atoms with Gasteiger partial charge < -0.3 is 9.64 Å². The molecule has 1 fully saturated rings. The minimum atomic E-state index is -0.0686. The molecule has 1 N–H and O–H groups in total. The lowest BCUT2D eigenvalue weighted by atomic mass is 10.1. The number of aromatic nitrogens is 1. The van der Waals surface area contributed by atoms with Gasteiger partial charge in [0.2, 0.25) is 0 Å². The Hall–Kier alpha value is -1.92. The zero-order chi connectivity index (χ0) is 16.1. The lowest BCUT2D eigenvalue weighted by molar-refractivity contribution is 0.00540. The van der Waals surface area contributed by atoms with Crippen LogP contribution in [0.25, 0.3) is 0 Å². The van der Waals surface area contributed by atoms with Gasteiger partial charge in [-0.25, -0.2) is 9.78 Å². The highest BCUT2D eigenvalue weighted by molar-refractivity contribution is 7.13. The van der Waals surface area contributed by atoms with Gasteiger partial charge in [-0.1, -0.05) is 30.3 Å². The molecule has 3 rings (SSSR count). The summed E-state index contributed by atoms with van der Waals surface area (Å²) < 4.78 is 5.95. The number of amides is 2. The third-order valence-electron chi connectivity index (χ3n) is 3.89. The van der Waals surface area contributed by atoms with E-state index in [1.54, 1.807) is 0 Å². The Balaban J connectivity index is 1.42. The Morgan fingerprint density at radius 3 is 2.74 bits per heavy atom. The predicted molar refractivity (Wildman–Crippen MR) is 91.7 cm³/mol. The summed E-state index contributed by atoms with van der Waals surface area (Å²) in [5.74, 6) is 0. The van der Waals surface area contributed by atoms with Crippen LogP contribution in [-0.4, -0.2) is 35.1 Å². The van der Waals surface area contributed by atoms with Crippen LogP contribution in [0.2, 0.25) is 0 Å². The molecule has 1 aromatic heterocycles. The van der Waals surface area contributed by atoms with E-state index in [0.717, 1.165) is 31.6 Å². The Morgan fingerprint density at radius 2 is 2.09 bits per heavy atom. The molecule has 0 unspecified atom stereocenters. The molecule has 2 aromatic rings. The number of carbonyl (C=O) groups is 1. The van der Waals surface area contributed by atoms with E-state index in [0.29, 0.717) is 11.7 Å². The molecule has 0 atom stereocenters. The van der Waals surface area contributed by atoms with Crippen LogP contribution < -0.4 is 5.32 Å². The first kappa shape index (κ1) is 16.0. The van der Waals surface area contributed by atoms with E-state index in [1.807, 2.05) is 35.4 Å². The van der Waals surface area contributed by atoms with Gasteiger partial charge in [-0.05, 0) is 25.3 Å². The van der Waals surface area contributed by atoms with Crippen molar-refractivity contribution in [3.8, 4) is 0 Å². The molecular weight excluding hydrogens is 310 g/mol. The van der Waals surface area contributed by atoms with Crippen molar-refractivity contribution in [3.63, 3.8) is 0 Å². The summed E-state index contributed by atoms with van der Waals surface area (Å²) in [5.41, 5.74) is 2.12. The van der Waals surface area contributed by atoms with Gasteiger partial charge in [0.15, 0.2) is 5.13 Å². The molecule has 6 heteroatoms. The number of likely N-dealkylation sites (tertiary alicyclic amines) is 1. The fraction of sp³-hybridized carbons (Fsp3) is 0.412. The second-order valence-corrected chi connectivity index (χ2v) is 6.57. The van der Waals surface area contributed by atoms with Crippen LogP contribution in [0, 0.1) is 6.92 Å². The fourth-order valence-corrected chi connectivity index (χ4v) is 3.27. The number of ether oxygens (including phenoxy) is 1. The number of thiazole rings is 1. The Labute approximate surface area is 140 Å². The van der Waals surface area contributed by atoms with Crippen molar-refractivity contribution in [2.75, 3.05) is 18.4 Å². The van der Waals surface area contributed by atoms with E-state index in [1.165, 1.54) is 16.9 Å². The summed E-state index contributed by atoms with van der Waals surface area (Å²) in [6, 6.07) is 10.1. The first-order valence-corrected chi connectivity index (χ1v) is 8.72. The summed E-state index contributed by atoms with van der Waals surface area (Å²) in [5, 5.41) is 5.45. The third kappa shape index (κ3) is 4.53. The summed E-state index contributed by atoms with van der Waals surface area (Å²) in [7, 11) is 0. The first-order chi connectivity index (χ1) is 11.2. The topological polar surface area (TPSA) is 54.5 Å². The molecule has 1 aromatic carbocycles. The Kier molecular flexibility index (Phi) is 5.25. The van der Waals surface area contributed by atoms with Crippen LogP contribution >= 0.6 is 11.3 Å². The second-order valence-electron chi connectivity index (χ2n) is 5.71. The molecule has 2 heterocycles. The number of urea groups is 1. The lowest BCUT2D eigenvalue weighted by Gasteiger charge is -2.31. The van der Waals surface area contributed by atoms with E-state index in [4.69, 9.17) is 4.74 Å². The van der Waals surface area contributed by atoms with Gasteiger partial charge in [0, 0.05) is 18.5 Å². The average molecular weight is 331 g/mol. The van der Waals surface area contributed by atoms with Gasteiger partial charge in [-0.2, -0.15) is 0 Å². The van der Waals surface area contributed by atoms with Gasteiger partial charge >= 0.3 is 6.03 Å². The molecule has 5 nitrogen and oxygen atoms in total.